The minimum atomic E-state index is -0.347. The van der Waals surface area contributed by atoms with Gasteiger partial charge in [-0.15, -0.1) is 0 Å². The van der Waals surface area contributed by atoms with Gasteiger partial charge in [-0.1, -0.05) is 18.2 Å². The largest absolute Gasteiger partial charge is 0.492 e. The van der Waals surface area contributed by atoms with Crippen LogP contribution in [0.1, 0.15) is 10.5 Å². The van der Waals surface area contributed by atoms with Gasteiger partial charge < -0.3 is 14.8 Å². The molecule has 1 N–H and O–H groups in total. The summed E-state index contributed by atoms with van der Waals surface area (Å²) in [7, 11) is 1.55. The minimum absolute atomic E-state index is 0.181. The first-order valence-electron chi connectivity index (χ1n) is 7.24. The lowest BCUT2D eigenvalue weighted by Gasteiger charge is -2.09. The maximum atomic E-state index is 11.9. The summed E-state index contributed by atoms with van der Waals surface area (Å²) in [6.45, 7) is 1.34. The second-order valence-electron chi connectivity index (χ2n) is 4.69. The molecule has 0 aliphatic heterocycles. The van der Waals surface area contributed by atoms with Gasteiger partial charge >= 0.3 is 0 Å². The third kappa shape index (κ3) is 5.23. The standard InChI is InChI=1S/C16H19N3O4/c1-22-11-9-17-16(21)14-7-8-15(20)19(18-14)10-12-23-13-5-3-2-4-6-13/h2-8H,9-12H2,1H3,(H,17,21). The van der Waals surface area contributed by atoms with Gasteiger partial charge in [-0.3, -0.25) is 9.59 Å². The van der Waals surface area contributed by atoms with Crippen molar-refractivity contribution in [1.82, 2.24) is 15.1 Å². The molecule has 1 aromatic carbocycles. The van der Waals surface area contributed by atoms with E-state index in [0.717, 1.165) is 0 Å². The number of methoxy groups -OCH3 is 1. The van der Waals surface area contributed by atoms with Crippen LogP contribution >= 0.6 is 0 Å². The number of carbonyl (C=O) groups excluding carboxylic acids is 1. The Labute approximate surface area is 133 Å². The van der Waals surface area contributed by atoms with Gasteiger partial charge in [0, 0.05) is 19.7 Å². The number of rotatable bonds is 8. The lowest BCUT2D eigenvalue weighted by atomic mass is 10.3. The first kappa shape index (κ1) is 16.7. The molecule has 7 nitrogen and oxygen atoms in total. The fourth-order valence-electron chi connectivity index (χ4n) is 1.85. The van der Waals surface area contributed by atoms with Gasteiger partial charge in [-0.2, -0.15) is 5.10 Å². The van der Waals surface area contributed by atoms with Crippen LogP contribution in [-0.2, 0) is 11.3 Å². The maximum Gasteiger partial charge on any atom is 0.271 e. The molecule has 0 fully saturated rings. The smallest absolute Gasteiger partial charge is 0.271 e. The number of nitrogens with one attached hydrogen (secondary N) is 1. The van der Waals surface area contributed by atoms with Crippen molar-refractivity contribution in [3.8, 4) is 5.75 Å². The predicted octanol–water partition coefficient (Wildman–Crippen LogP) is 0.698. The summed E-state index contributed by atoms with van der Waals surface area (Å²) in [5, 5.41) is 6.71. The zero-order valence-corrected chi connectivity index (χ0v) is 12.9. The second kappa shape index (κ2) is 8.70. The quantitative estimate of drug-likeness (QED) is 0.725. The van der Waals surface area contributed by atoms with Gasteiger partial charge in [0.25, 0.3) is 11.5 Å². The number of hydrogen-bond donors (Lipinski definition) is 1. The van der Waals surface area contributed by atoms with Crippen molar-refractivity contribution in [2.45, 2.75) is 6.54 Å². The number of benzene rings is 1. The topological polar surface area (TPSA) is 82.5 Å². The molecule has 0 aliphatic carbocycles. The summed E-state index contributed by atoms with van der Waals surface area (Å²) >= 11 is 0. The Hall–Kier alpha value is -2.67. The van der Waals surface area contributed by atoms with Crippen LogP contribution in [0.25, 0.3) is 0 Å². The first-order valence-corrected chi connectivity index (χ1v) is 7.24. The zero-order chi connectivity index (χ0) is 16.5. The lowest BCUT2D eigenvalue weighted by molar-refractivity contribution is 0.0929. The third-order valence-electron chi connectivity index (χ3n) is 3.01. The molecule has 0 unspecified atom stereocenters. The number of ether oxygens (including phenoxy) is 2. The molecule has 122 valence electrons. The molecule has 0 bridgehead atoms. The number of carbonyl (C=O) groups is 1. The Morgan fingerprint density at radius 2 is 1.96 bits per heavy atom. The molecular formula is C16H19N3O4. The number of hydrogen-bond acceptors (Lipinski definition) is 5. The summed E-state index contributed by atoms with van der Waals surface area (Å²) in [4.78, 5) is 23.7. The minimum Gasteiger partial charge on any atom is -0.492 e. The summed E-state index contributed by atoms with van der Waals surface area (Å²) in [5.41, 5.74) is -0.101. The van der Waals surface area contributed by atoms with Crippen molar-refractivity contribution in [2.24, 2.45) is 0 Å². The van der Waals surface area contributed by atoms with Crippen LogP contribution in [0.4, 0.5) is 0 Å². The van der Waals surface area contributed by atoms with Crippen LogP contribution < -0.4 is 15.6 Å². The van der Waals surface area contributed by atoms with Crippen molar-refractivity contribution in [1.29, 1.82) is 0 Å². The van der Waals surface area contributed by atoms with E-state index in [1.165, 1.54) is 16.8 Å². The second-order valence-corrected chi connectivity index (χ2v) is 4.69. The van der Waals surface area contributed by atoms with Gasteiger partial charge in [-0.05, 0) is 18.2 Å². The van der Waals surface area contributed by atoms with Crippen LogP contribution in [0.5, 0.6) is 5.75 Å². The number of nitrogens with zero attached hydrogens (tertiary/aromatic N) is 2. The van der Waals surface area contributed by atoms with Crippen molar-refractivity contribution < 1.29 is 14.3 Å². The number of para-hydroxylation sites is 1. The van der Waals surface area contributed by atoms with Crippen molar-refractivity contribution in [3.63, 3.8) is 0 Å². The third-order valence-corrected chi connectivity index (χ3v) is 3.01. The molecule has 7 heteroatoms. The van der Waals surface area contributed by atoms with Gasteiger partial charge in [0.2, 0.25) is 0 Å². The molecule has 0 saturated carbocycles. The Balaban J connectivity index is 1.94. The molecule has 1 heterocycles. The highest BCUT2D eigenvalue weighted by Crippen LogP contribution is 2.07. The summed E-state index contributed by atoms with van der Waals surface area (Å²) in [6, 6.07) is 12.0. The summed E-state index contributed by atoms with van der Waals surface area (Å²) in [6.07, 6.45) is 0. The Kier molecular flexibility index (Phi) is 6.31. The number of aromatic nitrogens is 2. The van der Waals surface area contributed by atoms with Crippen LogP contribution in [0.2, 0.25) is 0 Å². The highest BCUT2D eigenvalue weighted by Gasteiger charge is 2.09. The highest BCUT2D eigenvalue weighted by molar-refractivity contribution is 5.91. The van der Waals surface area contributed by atoms with Gasteiger partial charge in [0.05, 0.1) is 13.2 Å². The molecule has 2 rings (SSSR count). The Morgan fingerprint density at radius 1 is 1.17 bits per heavy atom. The maximum absolute atomic E-state index is 11.9. The molecule has 0 atom stereocenters. The SMILES string of the molecule is COCCNC(=O)c1ccc(=O)n(CCOc2ccccc2)n1. The molecule has 1 aromatic heterocycles. The molecule has 0 saturated heterocycles. The van der Waals surface area contributed by atoms with E-state index in [1.54, 1.807) is 7.11 Å². The van der Waals surface area contributed by atoms with Crippen LogP contribution in [0.15, 0.2) is 47.3 Å². The van der Waals surface area contributed by atoms with E-state index < -0.39 is 0 Å². The van der Waals surface area contributed by atoms with E-state index in [-0.39, 0.29) is 30.3 Å². The molecule has 0 aliphatic rings. The normalized spacial score (nSPS) is 10.3. The van der Waals surface area contributed by atoms with Crippen LogP contribution in [0.3, 0.4) is 0 Å². The average molecular weight is 317 g/mol. The molecule has 0 radical (unpaired) electrons. The van der Waals surface area contributed by atoms with Crippen LogP contribution in [0, 0.1) is 0 Å². The molecular weight excluding hydrogens is 298 g/mol. The Morgan fingerprint density at radius 3 is 2.70 bits per heavy atom. The predicted molar refractivity (Wildman–Crippen MR) is 84.6 cm³/mol. The van der Waals surface area contributed by atoms with E-state index in [0.29, 0.717) is 18.9 Å². The highest BCUT2D eigenvalue weighted by atomic mass is 16.5. The molecule has 1 amide bonds. The summed E-state index contributed by atoms with van der Waals surface area (Å²) < 4.78 is 11.6. The van der Waals surface area contributed by atoms with Gasteiger partial charge in [0.1, 0.15) is 18.1 Å². The zero-order valence-electron chi connectivity index (χ0n) is 12.9. The number of amides is 1. The molecule has 23 heavy (non-hydrogen) atoms. The van der Waals surface area contributed by atoms with Gasteiger partial charge in [-0.25, -0.2) is 4.68 Å². The monoisotopic (exact) mass is 317 g/mol. The van der Waals surface area contributed by atoms with E-state index in [4.69, 9.17) is 9.47 Å². The van der Waals surface area contributed by atoms with Crippen LogP contribution in [-0.4, -0.2) is 42.6 Å². The van der Waals surface area contributed by atoms with Gasteiger partial charge in [0.15, 0.2) is 0 Å². The van der Waals surface area contributed by atoms with Crippen molar-refractivity contribution in [2.75, 3.05) is 26.9 Å². The van der Waals surface area contributed by atoms with E-state index in [2.05, 4.69) is 10.4 Å². The van der Waals surface area contributed by atoms with E-state index >= 15 is 0 Å². The molecule has 0 spiro atoms. The fraction of sp³-hybridized carbons (Fsp3) is 0.312. The molecule has 2 aromatic rings. The lowest BCUT2D eigenvalue weighted by Crippen LogP contribution is -2.32. The van der Waals surface area contributed by atoms with Crippen molar-refractivity contribution in [3.05, 3.63) is 58.5 Å². The average Bonchev–Trinajstić information content (AvgIpc) is 2.57. The van der Waals surface area contributed by atoms with Crippen molar-refractivity contribution >= 4 is 5.91 Å². The Bertz CT molecular complexity index is 685. The first-order chi connectivity index (χ1) is 11.2. The fourth-order valence-corrected chi connectivity index (χ4v) is 1.85. The van der Waals surface area contributed by atoms with E-state index in [1.807, 2.05) is 30.3 Å². The summed E-state index contributed by atoms with van der Waals surface area (Å²) in [5.74, 6) is 0.369. The van der Waals surface area contributed by atoms with E-state index in [9.17, 15) is 9.59 Å².